The van der Waals surface area contributed by atoms with Gasteiger partial charge in [0, 0.05) is 24.0 Å². The lowest BCUT2D eigenvalue weighted by Crippen LogP contribution is -2.50. The third kappa shape index (κ3) is 5.79. The molecule has 0 radical (unpaired) electrons. The average Bonchev–Trinajstić information content (AvgIpc) is 2.66. The minimum atomic E-state index is -0.466. The first-order valence-corrected chi connectivity index (χ1v) is 9.56. The quantitative estimate of drug-likeness (QED) is 0.430. The van der Waals surface area contributed by atoms with Gasteiger partial charge in [-0.1, -0.05) is 0 Å². The van der Waals surface area contributed by atoms with Gasteiger partial charge in [-0.3, -0.25) is 4.79 Å². The monoisotopic (exact) mass is 411 g/mol. The number of nitriles is 1. The molecule has 0 spiro atoms. The highest BCUT2D eigenvalue weighted by Crippen LogP contribution is 2.24. The molecule has 0 aliphatic carbocycles. The summed E-state index contributed by atoms with van der Waals surface area (Å²) in [5, 5.41) is 26.1. The van der Waals surface area contributed by atoms with E-state index in [0.717, 1.165) is 5.69 Å². The van der Waals surface area contributed by atoms with Crippen LogP contribution >= 0.6 is 0 Å². The van der Waals surface area contributed by atoms with Gasteiger partial charge in [-0.05, 0) is 31.2 Å². The maximum Gasteiger partial charge on any atom is 0.272 e. The van der Waals surface area contributed by atoms with Crippen LogP contribution in [0.15, 0.2) is 30.5 Å². The molecule has 0 bridgehead atoms. The molecule has 0 aromatic carbocycles. The Morgan fingerprint density at radius 1 is 1.10 bits per heavy atom. The molecule has 0 aliphatic rings. The summed E-state index contributed by atoms with van der Waals surface area (Å²) >= 11 is 0. The molecule has 3 aromatic heterocycles. The number of aryl methyl sites for hydroxylation is 2. The first-order chi connectivity index (χ1) is 14.6. The Morgan fingerprint density at radius 2 is 1.87 bits per heavy atom. The Kier molecular flexibility index (Phi) is 6.20. The number of aromatic nitrogens is 5. The predicted molar refractivity (Wildman–Crippen MR) is 125 cm³/mol. The molecular formula is C18H20B3N9O. The molecule has 31 heavy (non-hydrogen) atoms. The van der Waals surface area contributed by atoms with Crippen LogP contribution in [-0.4, -0.2) is 59.8 Å². The summed E-state index contributed by atoms with van der Waals surface area (Å²) in [6.45, 7) is 3.66. The number of nitrogens with one attached hydrogen (secondary N) is 3. The molecule has 3 heterocycles. The van der Waals surface area contributed by atoms with Gasteiger partial charge in [-0.25, -0.2) is 15.0 Å². The first kappa shape index (κ1) is 21.8. The van der Waals surface area contributed by atoms with Crippen molar-refractivity contribution in [1.82, 2.24) is 30.5 Å². The number of nitrogens with zero attached hydrogens (tertiary/aromatic N) is 6. The van der Waals surface area contributed by atoms with Crippen molar-refractivity contribution in [2.75, 3.05) is 10.6 Å². The fourth-order valence-electron chi connectivity index (χ4n) is 2.75. The number of amides is 1. The van der Waals surface area contributed by atoms with Crippen LogP contribution in [0.25, 0.3) is 0 Å². The van der Waals surface area contributed by atoms with Crippen molar-refractivity contribution < 1.29 is 4.79 Å². The average molecular weight is 411 g/mol. The minimum Gasteiger partial charge on any atom is -0.368 e. The number of hydrogen-bond acceptors (Lipinski definition) is 9. The van der Waals surface area contributed by atoms with Gasteiger partial charge in [0.1, 0.15) is 47.1 Å². The summed E-state index contributed by atoms with van der Waals surface area (Å²) in [7, 11) is 5.61. The standard InChI is InChI=1S/C18H20B3N9O/c1-9-6-13(25-10(2)24-9)27-14-7-12(26-16-11(8-22)4-3-5-23-16)15(30-29-14)17(31)28-18(19,20)21/h3-7H,19-21H2,1-2H3,(H,28,31)(H2,23,24,25,26,27,29). The summed E-state index contributed by atoms with van der Waals surface area (Å²) in [5.74, 6) is 1.43. The molecule has 152 valence electrons. The van der Waals surface area contributed by atoms with Gasteiger partial charge in [-0.15, -0.1) is 10.2 Å². The van der Waals surface area contributed by atoms with Crippen molar-refractivity contribution in [2.45, 2.75) is 19.1 Å². The van der Waals surface area contributed by atoms with Gasteiger partial charge in [0.15, 0.2) is 11.5 Å². The topological polar surface area (TPSA) is 141 Å². The molecule has 3 N–H and O–H groups in total. The van der Waals surface area contributed by atoms with Crippen LogP contribution in [0.5, 0.6) is 0 Å². The molecule has 0 aliphatic heterocycles. The Labute approximate surface area is 182 Å². The van der Waals surface area contributed by atoms with Gasteiger partial charge in [0.2, 0.25) is 0 Å². The van der Waals surface area contributed by atoms with E-state index in [-0.39, 0.29) is 5.69 Å². The van der Waals surface area contributed by atoms with Crippen molar-refractivity contribution >= 4 is 52.6 Å². The van der Waals surface area contributed by atoms with Gasteiger partial charge >= 0.3 is 0 Å². The van der Waals surface area contributed by atoms with E-state index in [0.29, 0.717) is 34.5 Å². The Balaban J connectivity index is 2.01. The highest BCUT2D eigenvalue weighted by molar-refractivity contribution is 6.60. The highest BCUT2D eigenvalue weighted by Gasteiger charge is 2.21. The van der Waals surface area contributed by atoms with E-state index in [1.54, 1.807) is 37.4 Å². The van der Waals surface area contributed by atoms with Gasteiger partial charge in [0.05, 0.1) is 11.3 Å². The summed E-state index contributed by atoms with van der Waals surface area (Å²) in [6.07, 6.45) is 1.55. The number of pyridine rings is 1. The first-order valence-electron chi connectivity index (χ1n) is 9.56. The van der Waals surface area contributed by atoms with E-state index >= 15 is 0 Å². The third-order valence-corrected chi connectivity index (χ3v) is 3.90. The van der Waals surface area contributed by atoms with Crippen LogP contribution < -0.4 is 16.0 Å². The SMILES string of the molecule is BC(B)(B)NC(=O)c1nnc(Nc2cc(C)nc(C)n2)cc1Nc1ncccc1C#N. The second-order valence-electron chi connectivity index (χ2n) is 7.90. The summed E-state index contributed by atoms with van der Waals surface area (Å²) in [5.41, 5.74) is 1.55. The van der Waals surface area contributed by atoms with Crippen molar-refractivity contribution in [3.05, 3.63) is 53.2 Å². The molecule has 3 rings (SSSR count). The second kappa shape index (κ2) is 8.83. The zero-order chi connectivity index (χ0) is 22.6. The third-order valence-electron chi connectivity index (χ3n) is 3.90. The summed E-state index contributed by atoms with van der Waals surface area (Å²) in [6, 6.07) is 8.76. The molecule has 0 atom stereocenters. The van der Waals surface area contributed by atoms with E-state index in [9.17, 15) is 10.1 Å². The summed E-state index contributed by atoms with van der Waals surface area (Å²) in [4.78, 5) is 25.6. The van der Waals surface area contributed by atoms with E-state index in [1.807, 2.05) is 30.5 Å². The Bertz CT molecular complexity index is 1150. The lowest BCUT2D eigenvalue weighted by molar-refractivity contribution is 0.0947. The lowest BCUT2D eigenvalue weighted by Gasteiger charge is -2.21. The van der Waals surface area contributed by atoms with E-state index in [2.05, 4.69) is 47.2 Å². The van der Waals surface area contributed by atoms with Crippen molar-refractivity contribution in [3.63, 3.8) is 0 Å². The van der Waals surface area contributed by atoms with Crippen LogP contribution in [0.3, 0.4) is 0 Å². The molecule has 1 amide bonds. The fraction of sp³-hybridized carbons (Fsp3) is 0.167. The maximum absolute atomic E-state index is 12.8. The van der Waals surface area contributed by atoms with E-state index < -0.39 is 11.1 Å². The summed E-state index contributed by atoms with van der Waals surface area (Å²) < 4.78 is 0. The molecule has 10 nitrogen and oxygen atoms in total. The molecule has 0 saturated carbocycles. The number of rotatable bonds is 6. The highest BCUT2D eigenvalue weighted by atomic mass is 16.2. The molecule has 0 fully saturated rings. The van der Waals surface area contributed by atoms with Gasteiger partial charge in [0.25, 0.3) is 5.91 Å². The van der Waals surface area contributed by atoms with Crippen molar-refractivity contribution in [3.8, 4) is 6.07 Å². The van der Waals surface area contributed by atoms with Crippen LogP contribution in [-0.2, 0) is 0 Å². The van der Waals surface area contributed by atoms with Crippen molar-refractivity contribution in [1.29, 1.82) is 5.26 Å². The van der Waals surface area contributed by atoms with Gasteiger partial charge in [-0.2, -0.15) is 5.26 Å². The Morgan fingerprint density at radius 3 is 2.55 bits per heavy atom. The van der Waals surface area contributed by atoms with E-state index in [4.69, 9.17) is 0 Å². The zero-order valence-electron chi connectivity index (χ0n) is 18.0. The van der Waals surface area contributed by atoms with Crippen LogP contribution in [0.1, 0.15) is 27.6 Å². The van der Waals surface area contributed by atoms with Gasteiger partial charge < -0.3 is 16.0 Å². The van der Waals surface area contributed by atoms with E-state index in [1.165, 1.54) is 0 Å². The lowest BCUT2D eigenvalue weighted by atomic mass is 9.49. The molecule has 3 aromatic rings. The maximum atomic E-state index is 12.8. The van der Waals surface area contributed by atoms with Crippen LogP contribution in [0.2, 0.25) is 0 Å². The number of carbonyl (C=O) groups is 1. The van der Waals surface area contributed by atoms with Crippen LogP contribution in [0, 0.1) is 25.2 Å². The number of hydrogen-bond donors (Lipinski definition) is 3. The second-order valence-corrected chi connectivity index (χ2v) is 7.90. The molecular weight excluding hydrogens is 391 g/mol. The number of anilines is 4. The normalized spacial score (nSPS) is 10.7. The minimum absolute atomic E-state index is 0.0741. The predicted octanol–water partition coefficient (Wildman–Crippen LogP) is -1.12. The molecule has 0 saturated heterocycles. The smallest absolute Gasteiger partial charge is 0.272 e. The molecule has 13 heteroatoms. The van der Waals surface area contributed by atoms with Crippen molar-refractivity contribution in [2.24, 2.45) is 0 Å². The number of carbonyl (C=O) groups excluding carboxylic acids is 1. The zero-order valence-corrected chi connectivity index (χ0v) is 18.0. The molecule has 0 unspecified atom stereocenters. The fourth-order valence-corrected chi connectivity index (χ4v) is 2.75. The van der Waals surface area contributed by atoms with Crippen LogP contribution in [0.4, 0.5) is 23.1 Å². The Hall–Kier alpha value is -3.94. The largest absolute Gasteiger partial charge is 0.368 e.